The van der Waals surface area contributed by atoms with Crippen LogP contribution >= 0.6 is 23.4 Å². The molecule has 4 nitrogen and oxygen atoms in total. The van der Waals surface area contributed by atoms with Crippen LogP contribution in [0.3, 0.4) is 0 Å². The summed E-state index contributed by atoms with van der Waals surface area (Å²) in [5.41, 5.74) is 7.08. The van der Waals surface area contributed by atoms with Crippen LogP contribution in [0.2, 0.25) is 5.28 Å². The molecule has 3 N–H and O–H groups in total. The van der Waals surface area contributed by atoms with E-state index in [1.807, 2.05) is 6.92 Å². The highest BCUT2D eigenvalue weighted by molar-refractivity contribution is 8.00. The number of anilines is 1. The summed E-state index contributed by atoms with van der Waals surface area (Å²) in [5.74, 6) is 0. The largest absolute Gasteiger partial charge is 0.396 e. The van der Waals surface area contributed by atoms with Crippen LogP contribution in [0.1, 0.15) is 19.0 Å². The Morgan fingerprint density at radius 1 is 1.53 bits per heavy atom. The highest BCUT2D eigenvalue weighted by Gasteiger charge is 2.11. The molecule has 1 atom stereocenters. The van der Waals surface area contributed by atoms with E-state index in [9.17, 15) is 0 Å². The third-order valence-electron chi connectivity index (χ3n) is 1.92. The highest BCUT2D eigenvalue weighted by Crippen LogP contribution is 2.30. The van der Waals surface area contributed by atoms with Gasteiger partial charge >= 0.3 is 0 Å². The van der Waals surface area contributed by atoms with Gasteiger partial charge in [0, 0.05) is 11.9 Å². The van der Waals surface area contributed by atoms with E-state index in [2.05, 4.69) is 9.97 Å². The maximum absolute atomic E-state index is 8.79. The topological polar surface area (TPSA) is 72.0 Å². The van der Waals surface area contributed by atoms with Crippen LogP contribution in [0, 0.1) is 6.92 Å². The Morgan fingerprint density at radius 2 is 2.20 bits per heavy atom. The van der Waals surface area contributed by atoms with Gasteiger partial charge in [-0.25, -0.2) is 9.97 Å². The molecule has 1 heterocycles. The van der Waals surface area contributed by atoms with E-state index in [0.717, 1.165) is 0 Å². The summed E-state index contributed by atoms with van der Waals surface area (Å²) in [6.45, 7) is 3.96. The van der Waals surface area contributed by atoms with Gasteiger partial charge in [-0.15, -0.1) is 11.8 Å². The molecule has 0 fully saturated rings. The molecule has 1 rings (SSSR count). The first-order valence-electron chi connectivity index (χ1n) is 4.61. The molecule has 0 saturated heterocycles. The number of nitrogen functional groups attached to an aromatic ring is 1. The molecule has 0 saturated carbocycles. The fourth-order valence-corrected chi connectivity index (χ4v) is 2.32. The summed E-state index contributed by atoms with van der Waals surface area (Å²) in [6.07, 6.45) is 0.699. The lowest BCUT2D eigenvalue weighted by Gasteiger charge is -2.11. The number of nitrogens with two attached hydrogens (primary N) is 1. The number of hydrogen-bond acceptors (Lipinski definition) is 5. The zero-order chi connectivity index (χ0) is 11.4. The van der Waals surface area contributed by atoms with Gasteiger partial charge in [0.1, 0.15) is 5.03 Å². The number of aliphatic hydroxyl groups excluding tert-OH is 1. The molecule has 15 heavy (non-hydrogen) atoms. The first kappa shape index (κ1) is 12.5. The van der Waals surface area contributed by atoms with Crippen LogP contribution in [-0.2, 0) is 0 Å². The predicted octanol–water partition coefficient (Wildman–Crippen LogP) is 1.88. The van der Waals surface area contributed by atoms with Gasteiger partial charge in [0.15, 0.2) is 0 Å². The number of halogens is 1. The van der Waals surface area contributed by atoms with Gasteiger partial charge in [0.2, 0.25) is 5.28 Å². The Morgan fingerprint density at radius 3 is 2.80 bits per heavy atom. The molecule has 6 heteroatoms. The molecule has 0 radical (unpaired) electrons. The fourth-order valence-electron chi connectivity index (χ4n) is 1.04. The quantitative estimate of drug-likeness (QED) is 0.483. The highest BCUT2D eigenvalue weighted by atomic mass is 35.5. The van der Waals surface area contributed by atoms with Crippen LogP contribution in [0.15, 0.2) is 5.03 Å². The Hall–Kier alpha value is -0.520. The number of rotatable bonds is 4. The Bertz CT molecular complexity index is 348. The Labute approximate surface area is 98.3 Å². The van der Waals surface area contributed by atoms with Crippen molar-refractivity contribution in [2.24, 2.45) is 0 Å². The van der Waals surface area contributed by atoms with Crippen molar-refractivity contribution < 1.29 is 5.11 Å². The molecule has 84 valence electrons. The third-order valence-corrected chi connectivity index (χ3v) is 3.26. The fraction of sp³-hybridized carbons (Fsp3) is 0.556. The van der Waals surface area contributed by atoms with E-state index >= 15 is 0 Å². The molecule has 1 unspecified atom stereocenters. The van der Waals surface area contributed by atoms with Crippen LogP contribution in [0.5, 0.6) is 0 Å². The number of aliphatic hydroxyl groups is 1. The van der Waals surface area contributed by atoms with E-state index in [0.29, 0.717) is 22.8 Å². The predicted molar refractivity (Wildman–Crippen MR) is 63.2 cm³/mol. The zero-order valence-electron chi connectivity index (χ0n) is 8.70. The zero-order valence-corrected chi connectivity index (χ0v) is 10.3. The van der Waals surface area contributed by atoms with Gasteiger partial charge in [-0.3, -0.25) is 0 Å². The summed E-state index contributed by atoms with van der Waals surface area (Å²) >= 11 is 7.24. The molecule has 0 aliphatic rings. The van der Waals surface area contributed by atoms with Gasteiger partial charge in [0.25, 0.3) is 0 Å². The second-order valence-electron chi connectivity index (χ2n) is 3.24. The van der Waals surface area contributed by atoms with Crippen molar-refractivity contribution in [2.45, 2.75) is 30.5 Å². The number of thioether (sulfide) groups is 1. The summed E-state index contributed by atoms with van der Waals surface area (Å²) < 4.78 is 0. The molecule has 0 aliphatic heterocycles. The van der Waals surface area contributed by atoms with Crippen molar-refractivity contribution in [3.63, 3.8) is 0 Å². The average Bonchev–Trinajstić information content (AvgIpc) is 2.13. The number of aromatic nitrogens is 2. The number of hydrogen-bond donors (Lipinski definition) is 2. The number of nitrogens with zero attached hydrogens (tertiary/aromatic N) is 2. The lowest BCUT2D eigenvalue weighted by Crippen LogP contribution is -2.04. The van der Waals surface area contributed by atoms with Gasteiger partial charge in [0.05, 0.1) is 11.4 Å². The van der Waals surface area contributed by atoms with Gasteiger partial charge in [-0.2, -0.15) is 0 Å². The molecular formula is C9H14ClN3OS. The third kappa shape index (κ3) is 3.52. The van der Waals surface area contributed by atoms with Crippen LogP contribution < -0.4 is 5.73 Å². The standard InChI is InChI=1S/C9H14ClN3OS/c1-5(3-4-14)15-8-7(11)6(2)12-9(10)13-8/h5,14H,3-4,11H2,1-2H3. The molecule has 0 aliphatic carbocycles. The maximum Gasteiger partial charge on any atom is 0.223 e. The Balaban J connectivity index is 2.84. The van der Waals surface area contributed by atoms with Crippen molar-refractivity contribution in [3.05, 3.63) is 11.0 Å². The summed E-state index contributed by atoms with van der Waals surface area (Å²) in [5, 5.41) is 9.94. The maximum atomic E-state index is 8.79. The number of aryl methyl sites for hydroxylation is 1. The minimum Gasteiger partial charge on any atom is -0.396 e. The summed E-state index contributed by atoms with van der Waals surface area (Å²) in [7, 11) is 0. The SMILES string of the molecule is Cc1nc(Cl)nc(SC(C)CCO)c1N. The van der Waals surface area contributed by atoms with Crippen LogP contribution in [-0.4, -0.2) is 26.9 Å². The molecular weight excluding hydrogens is 234 g/mol. The van der Waals surface area contributed by atoms with Crippen molar-refractivity contribution in [1.82, 2.24) is 9.97 Å². The van der Waals surface area contributed by atoms with E-state index in [1.54, 1.807) is 6.92 Å². The molecule has 0 amide bonds. The van der Waals surface area contributed by atoms with E-state index < -0.39 is 0 Å². The smallest absolute Gasteiger partial charge is 0.223 e. The first-order valence-corrected chi connectivity index (χ1v) is 5.87. The van der Waals surface area contributed by atoms with E-state index in [1.165, 1.54) is 11.8 Å². The van der Waals surface area contributed by atoms with Crippen molar-refractivity contribution in [2.75, 3.05) is 12.3 Å². The molecule has 0 aromatic carbocycles. The monoisotopic (exact) mass is 247 g/mol. The molecule has 0 spiro atoms. The molecule has 0 bridgehead atoms. The second-order valence-corrected chi connectivity index (χ2v) is 5.00. The van der Waals surface area contributed by atoms with Crippen molar-refractivity contribution >= 4 is 29.1 Å². The van der Waals surface area contributed by atoms with E-state index in [-0.39, 0.29) is 17.1 Å². The first-order chi connectivity index (χ1) is 7.04. The normalized spacial score (nSPS) is 12.8. The molecule has 1 aromatic heterocycles. The van der Waals surface area contributed by atoms with Gasteiger partial charge in [-0.1, -0.05) is 6.92 Å². The van der Waals surface area contributed by atoms with Gasteiger partial charge in [-0.05, 0) is 24.9 Å². The summed E-state index contributed by atoms with van der Waals surface area (Å²) in [6, 6.07) is 0. The van der Waals surface area contributed by atoms with Crippen molar-refractivity contribution in [1.29, 1.82) is 0 Å². The second kappa shape index (κ2) is 5.53. The van der Waals surface area contributed by atoms with Crippen LogP contribution in [0.25, 0.3) is 0 Å². The van der Waals surface area contributed by atoms with Gasteiger partial charge < -0.3 is 10.8 Å². The summed E-state index contributed by atoms with van der Waals surface area (Å²) in [4.78, 5) is 8.02. The lowest BCUT2D eigenvalue weighted by atomic mass is 10.3. The average molecular weight is 248 g/mol. The van der Waals surface area contributed by atoms with E-state index in [4.69, 9.17) is 22.4 Å². The minimum absolute atomic E-state index is 0.159. The Kier molecular flexibility index (Phi) is 4.63. The lowest BCUT2D eigenvalue weighted by molar-refractivity contribution is 0.289. The minimum atomic E-state index is 0.159. The molecule has 1 aromatic rings. The van der Waals surface area contributed by atoms with Crippen LogP contribution in [0.4, 0.5) is 5.69 Å². The van der Waals surface area contributed by atoms with Crippen molar-refractivity contribution in [3.8, 4) is 0 Å².